The zero-order chi connectivity index (χ0) is 36.3. The van der Waals surface area contributed by atoms with Gasteiger partial charge in [-0.25, -0.2) is 13.8 Å². The highest BCUT2D eigenvalue weighted by Gasteiger charge is 2.54. The van der Waals surface area contributed by atoms with Gasteiger partial charge in [0.2, 0.25) is 5.88 Å². The predicted octanol–water partition coefficient (Wildman–Crippen LogP) is 5.62. The summed E-state index contributed by atoms with van der Waals surface area (Å²) in [7, 11) is 1.44. The standard InChI is InChI=1S/C40H43F2N5O6/c1-3-27-29(41)9-8-24-17-26(48)18-28(31(24)27)34-33(42)35-32(37(43-34)49-2)36(46-12-6-15-50-16-14-46)45-38(44-35)52-21-39-10-4-7-30(39)47(13-5-11-39)25-19-40(53-20-25)22-51-23-40/h1,8-9,17-18,25,30,48H,4-7,10-16,19-23H2,2H3. The Morgan fingerprint density at radius 1 is 1.02 bits per heavy atom. The fourth-order valence-electron chi connectivity index (χ4n) is 9.58. The largest absolute Gasteiger partial charge is 0.508 e. The van der Waals surface area contributed by atoms with Crippen LogP contribution in [0.5, 0.6) is 17.6 Å². The summed E-state index contributed by atoms with van der Waals surface area (Å²) in [6, 6.07) is 6.22. The highest BCUT2D eigenvalue weighted by molar-refractivity contribution is 6.04. The zero-order valence-corrected chi connectivity index (χ0v) is 29.8. The van der Waals surface area contributed by atoms with Crippen LogP contribution in [0.4, 0.5) is 14.6 Å². The average Bonchev–Trinajstić information content (AvgIpc) is 3.72. The van der Waals surface area contributed by atoms with E-state index in [1.165, 1.54) is 31.4 Å². The van der Waals surface area contributed by atoms with Crippen molar-refractivity contribution in [2.24, 2.45) is 5.41 Å². The number of methoxy groups -OCH3 is 1. The number of fused-ring (bicyclic) bond motifs is 3. The van der Waals surface area contributed by atoms with E-state index < -0.39 is 11.6 Å². The van der Waals surface area contributed by atoms with Crippen LogP contribution in [0.2, 0.25) is 0 Å². The number of aromatic nitrogens is 3. The quantitative estimate of drug-likeness (QED) is 0.240. The van der Waals surface area contributed by atoms with Crippen LogP contribution in [0.25, 0.3) is 32.9 Å². The smallest absolute Gasteiger partial charge is 0.319 e. The lowest BCUT2D eigenvalue weighted by atomic mass is 9.74. The molecule has 13 heteroatoms. The molecule has 4 saturated heterocycles. The Morgan fingerprint density at radius 2 is 1.89 bits per heavy atom. The number of ether oxygens (including phenoxy) is 5. The molecule has 4 aromatic rings. The molecule has 278 valence electrons. The number of benzene rings is 2. The van der Waals surface area contributed by atoms with Gasteiger partial charge in [0.05, 0.1) is 45.7 Å². The summed E-state index contributed by atoms with van der Waals surface area (Å²) in [6.07, 6.45) is 12.8. The molecule has 3 unspecified atom stereocenters. The van der Waals surface area contributed by atoms with Crippen LogP contribution in [-0.2, 0) is 14.2 Å². The maximum atomic E-state index is 17.2. The van der Waals surface area contributed by atoms with Gasteiger partial charge in [-0.15, -0.1) is 6.42 Å². The van der Waals surface area contributed by atoms with Gasteiger partial charge in [0.15, 0.2) is 5.82 Å². The highest BCUT2D eigenvalue weighted by Crippen LogP contribution is 2.50. The van der Waals surface area contributed by atoms with Crippen molar-refractivity contribution in [1.82, 2.24) is 19.9 Å². The summed E-state index contributed by atoms with van der Waals surface area (Å²) in [5.41, 5.74) is -0.450. The Morgan fingerprint density at radius 3 is 2.68 bits per heavy atom. The van der Waals surface area contributed by atoms with Crippen molar-refractivity contribution in [3.8, 4) is 41.2 Å². The lowest BCUT2D eigenvalue weighted by molar-refractivity contribution is -0.184. The Balaban J connectivity index is 1.14. The Bertz CT molecular complexity index is 2120. The highest BCUT2D eigenvalue weighted by atomic mass is 19.1. The molecule has 2 aromatic heterocycles. The molecule has 53 heavy (non-hydrogen) atoms. The maximum absolute atomic E-state index is 17.2. The molecule has 2 aromatic carbocycles. The van der Waals surface area contributed by atoms with Gasteiger partial charge in [0.1, 0.15) is 39.6 Å². The summed E-state index contributed by atoms with van der Waals surface area (Å²) < 4.78 is 62.3. The molecule has 0 radical (unpaired) electrons. The lowest BCUT2D eigenvalue weighted by Gasteiger charge is -2.48. The molecular formula is C40H43F2N5O6. The number of hydrogen-bond acceptors (Lipinski definition) is 11. The number of halogens is 2. The molecule has 1 spiro atoms. The van der Waals surface area contributed by atoms with Gasteiger partial charge in [-0.3, -0.25) is 4.90 Å². The molecule has 11 nitrogen and oxygen atoms in total. The number of piperidine rings is 1. The molecular weight excluding hydrogens is 684 g/mol. The number of hydrogen-bond donors (Lipinski definition) is 1. The number of anilines is 1. The Labute approximate surface area is 306 Å². The number of terminal acetylenes is 1. The molecule has 1 saturated carbocycles. The van der Waals surface area contributed by atoms with Crippen LogP contribution in [0, 0.1) is 29.4 Å². The minimum atomic E-state index is -0.796. The van der Waals surface area contributed by atoms with E-state index in [2.05, 4.69) is 15.8 Å². The fraction of sp³-hybridized carbons (Fsp3) is 0.525. The Kier molecular flexibility index (Phi) is 8.77. The maximum Gasteiger partial charge on any atom is 0.319 e. The first kappa shape index (κ1) is 34.4. The SMILES string of the molecule is C#Cc1c(F)ccc2cc(O)cc(-c3nc(OC)c4c(N5CCCOCC5)nc(OCC56CCCC5N(C5COC7(COC7)C5)CCC6)nc4c3F)c12. The normalized spacial score (nSPS) is 25.7. The third-order valence-electron chi connectivity index (χ3n) is 12.1. The van der Waals surface area contributed by atoms with Crippen molar-refractivity contribution in [1.29, 1.82) is 0 Å². The van der Waals surface area contributed by atoms with E-state index >= 15 is 8.78 Å². The van der Waals surface area contributed by atoms with E-state index in [0.717, 1.165) is 58.1 Å². The van der Waals surface area contributed by atoms with Crippen LogP contribution >= 0.6 is 0 Å². The summed E-state index contributed by atoms with van der Waals surface area (Å²) in [5.74, 6) is 1.30. The molecule has 1 N–H and O–H groups in total. The fourth-order valence-corrected chi connectivity index (χ4v) is 9.58. The average molecular weight is 728 g/mol. The Hall–Kier alpha value is -4.35. The van der Waals surface area contributed by atoms with E-state index in [0.29, 0.717) is 69.4 Å². The van der Waals surface area contributed by atoms with Gasteiger partial charge in [0, 0.05) is 48.1 Å². The second-order valence-electron chi connectivity index (χ2n) is 15.2. The second kappa shape index (κ2) is 13.5. The number of pyridine rings is 1. The third-order valence-corrected chi connectivity index (χ3v) is 12.1. The summed E-state index contributed by atoms with van der Waals surface area (Å²) in [6.45, 7) is 5.65. The van der Waals surface area contributed by atoms with Crippen LogP contribution in [0.1, 0.15) is 50.5 Å². The van der Waals surface area contributed by atoms with E-state index in [4.69, 9.17) is 40.1 Å². The number of phenolic OH excluding ortho intramolecular Hbond substituents is 1. The van der Waals surface area contributed by atoms with Gasteiger partial charge in [-0.05, 0) is 68.7 Å². The van der Waals surface area contributed by atoms with Gasteiger partial charge in [-0.2, -0.15) is 9.97 Å². The molecule has 5 fully saturated rings. The van der Waals surface area contributed by atoms with Crippen molar-refractivity contribution >= 4 is 27.5 Å². The first-order valence-electron chi connectivity index (χ1n) is 18.6. The summed E-state index contributed by atoms with van der Waals surface area (Å²) >= 11 is 0. The minimum Gasteiger partial charge on any atom is -0.508 e. The number of nitrogens with zero attached hydrogens (tertiary/aromatic N) is 5. The van der Waals surface area contributed by atoms with Crippen molar-refractivity contribution in [3.63, 3.8) is 0 Å². The molecule has 9 rings (SSSR count). The van der Waals surface area contributed by atoms with E-state index in [-0.39, 0.29) is 61.8 Å². The van der Waals surface area contributed by atoms with Gasteiger partial charge in [0.25, 0.3) is 0 Å². The molecule has 4 aliphatic heterocycles. The first-order chi connectivity index (χ1) is 25.8. The number of aromatic hydroxyl groups is 1. The zero-order valence-electron chi connectivity index (χ0n) is 29.8. The van der Waals surface area contributed by atoms with Crippen molar-refractivity contribution in [2.45, 2.75) is 62.6 Å². The monoisotopic (exact) mass is 727 g/mol. The summed E-state index contributed by atoms with van der Waals surface area (Å²) in [5, 5.41) is 11.7. The van der Waals surface area contributed by atoms with Crippen LogP contribution in [0.3, 0.4) is 0 Å². The molecule has 3 atom stereocenters. The van der Waals surface area contributed by atoms with Gasteiger partial charge < -0.3 is 33.7 Å². The second-order valence-corrected chi connectivity index (χ2v) is 15.2. The lowest BCUT2D eigenvalue weighted by Crippen LogP contribution is -2.56. The molecule has 0 amide bonds. The predicted molar refractivity (Wildman–Crippen MR) is 193 cm³/mol. The van der Waals surface area contributed by atoms with Crippen molar-refractivity contribution < 1.29 is 37.6 Å². The van der Waals surface area contributed by atoms with E-state index in [9.17, 15) is 5.11 Å². The third kappa shape index (κ3) is 5.82. The van der Waals surface area contributed by atoms with Gasteiger partial charge in [-0.1, -0.05) is 18.4 Å². The minimum absolute atomic E-state index is 0.0545. The summed E-state index contributed by atoms with van der Waals surface area (Å²) in [4.78, 5) is 19.0. The molecule has 5 aliphatic rings. The molecule has 6 heterocycles. The first-order valence-corrected chi connectivity index (χ1v) is 18.6. The number of phenols is 1. The van der Waals surface area contributed by atoms with Crippen molar-refractivity contribution in [3.05, 3.63) is 41.5 Å². The van der Waals surface area contributed by atoms with E-state index in [1.807, 2.05) is 4.90 Å². The van der Waals surface area contributed by atoms with Crippen LogP contribution < -0.4 is 14.4 Å². The topological polar surface area (TPSA) is 112 Å². The van der Waals surface area contributed by atoms with Crippen LogP contribution in [0.15, 0.2) is 24.3 Å². The van der Waals surface area contributed by atoms with E-state index in [1.54, 1.807) is 0 Å². The number of rotatable bonds is 7. The molecule has 0 bridgehead atoms. The number of likely N-dealkylation sites (tertiary alicyclic amines) is 1. The van der Waals surface area contributed by atoms with Gasteiger partial charge >= 0.3 is 6.01 Å². The molecule has 1 aliphatic carbocycles. The van der Waals surface area contributed by atoms with Crippen molar-refractivity contribution in [2.75, 3.05) is 71.3 Å². The van der Waals surface area contributed by atoms with Crippen LogP contribution in [-0.4, -0.2) is 109 Å².